The molecule has 0 fully saturated rings. The van der Waals surface area contributed by atoms with Crippen molar-refractivity contribution in [3.8, 4) is 0 Å². The van der Waals surface area contributed by atoms with Crippen molar-refractivity contribution in [3.63, 3.8) is 0 Å². The lowest BCUT2D eigenvalue weighted by Gasteiger charge is -2.05. The van der Waals surface area contributed by atoms with Crippen molar-refractivity contribution in [2.24, 2.45) is 0 Å². The van der Waals surface area contributed by atoms with Gasteiger partial charge in [0.05, 0.1) is 0 Å². The summed E-state index contributed by atoms with van der Waals surface area (Å²) in [6.45, 7) is 0.437. The maximum Gasteiger partial charge on any atom is 0.389 e. The van der Waals surface area contributed by atoms with E-state index in [1.165, 1.54) is 0 Å². The van der Waals surface area contributed by atoms with Crippen LogP contribution in [0.2, 0.25) is 0 Å². The summed E-state index contributed by atoms with van der Waals surface area (Å²) in [6, 6.07) is 3.60. The van der Waals surface area contributed by atoms with E-state index < -0.39 is 12.6 Å². The van der Waals surface area contributed by atoms with Crippen LogP contribution in [-0.4, -0.2) is 10.7 Å². The molecule has 0 aliphatic carbocycles. The molecular weight excluding hydrogens is 167 g/mol. The summed E-state index contributed by atoms with van der Waals surface area (Å²) in [5, 5.41) is 0. The van der Waals surface area contributed by atoms with Gasteiger partial charge < -0.3 is 4.57 Å². The minimum absolute atomic E-state index is 0.151. The summed E-state index contributed by atoms with van der Waals surface area (Å²) < 4.78 is 36.8. The second-order valence-electron chi connectivity index (χ2n) is 2.64. The van der Waals surface area contributed by atoms with E-state index in [0.717, 1.165) is 0 Å². The van der Waals surface area contributed by atoms with Crippen LogP contribution in [0.1, 0.15) is 12.8 Å². The number of aromatic nitrogens is 1. The molecule has 12 heavy (non-hydrogen) atoms. The van der Waals surface area contributed by atoms with Crippen molar-refractivity contribution in [1.82, 2.24) is 4.57 Å². The highest BCUT2D eigenvalue weighted by Gasteiger charge is 2.25. The number of nitrogens with zero attached hydrogens (tertiary/aromatic N) is 1. The summed E-state index contributed by atoms with van der Waals surface area (Å²) in [4.78, 5) is 0. The quantitative estimate of drug-likeness (QED) is 0.669. The molecule has 1 nitrogen and oxygen atoms in total. The molecule has 0 aromatic carbocycles. The van der Waals surface area contributed by atoms with E-state index in [1.54, 1.807) is 29.1 Å². The van der Waals surface area contributed by atoms with Gasteiger partial charge in [-0.2, -0.15) is 13.2 Å². The van der Waals surface area contributed by atoms with E-state index in [4.69, 9.17) is 0 Å². The van der Waals surface area contributed by atoms with E-state index in [-0.39, 0.29) is 6.42 Å². The molecule has 0 bridgehead atoms. The molecule has 0 atom stereocenters. The fourth-order valence-electron chi connectivity index (χ4n) is 0.981. The van der Waals surface area contributed by atoms with Gasteiger partial charge in [-0.3, -0.25) is 0 Å². The van der Waals surface area contributed by atoms with Crippen molar-refractivity contribution in [3.05, 3.63) is 24.5 Å². The van der Waals surface area contributed by atoms with Gasteiger partial charge in [-0.1, -0.05) is 0 Å². The number of hydrogen-bond donors (Lipinski definition) is 0. The molecule has 68 valence electrons. The predicted molar refractivity (Wildman–Crippen MR) is 39.7 cm³/mol. The zero-order valence-corrected chi connectivity index (χ0v) is 6.51. The largest absolute Gasteiger partial charge is 0.389 e. The third-order valence-electron chi connectivity index (χ3n) is 1.54. The number of hydrogen-bond acceptors (Lipinski definition) is 0. The van der Waals surface area contributed by atoms with Crippen LogP contribution in [0, 0.1) is 0 Å². The Morgan fingerprint density at radius 1 is 1.08 bits per heavy atom. The van der Waals surface area contributed by atoms with Crippen LogP contribution in [0.4, 0.5) is 13.2 Å². The summed E-state index contributed by atoms with van der Waals surface area (Å²) in [6.07, 6.45) is -1.05. The van der Waals surface area contributed by atoms with Crippen LogP contribution >= 0.6 is 0 Å². The van der Waals surface area contributed by atoms with Gasteiger partial charge in [0.2, 0.25) is 0 Å². The monoisotopic (exact) mass is 177 g/mol. The lowest BCUT2D eigenvalue weighted by molar-refractivity contribution is -0.135. The van der Waals surface area contributed by atoms with Crippen molar-refractivity contribution < 1.29 is 13.2 Å². The zero-order valence-electron chi connectivity index (χ0n) is 6.51. The van der Waals surface area contributed by atoms with Crippen molar-refractivity contribution in [2.75, 3.05) is 0 Å². The Morgan fingerprint density at radius 3 is 2.17 bits per heavy atom. The van der Waals surface area contributed by atoms with Crippen LogP contribution in [0.25, 0.3) is 0 Å². The number of halogens is 3. The number of alkyl halides is 3. The normalized spacial score (nSPS) is 11.9. The molecule has 1 aromatic rings. The molecule has 1 heterocycles. The molecule has 0 saturated carbocycles. The Hall–Kier alpha value is -0.930. The lowest BCUT2D eigenvalue weighted by atomic mass is 10.3. The third-order valence-corrected chi connectivity index (χ3v) is 1.54. The Bertz CT molecular complexity index is 213. The molecule has 0 amide bonds. The first-order valence-corrected chi connectivity index (χ1v) is 3.75. The number of rotatable bonds is 3. The second kappa shape index (κ2) is 3.65. The molecule has 0 unspecified atom stereocenters. The molecule has 0 N–H and O–H groups in total. The molecule has 0 aliphatic heterocycles. The highest BCUT2D eigenvalue weighted by Crippen LogP contribution is 2.21. The third kappa shape index (κ3) is 3.46. The fraction of sp³-hybridized carbons (Fsp3) is 0.500. The Kier molecular flexibility index (Phi) is 2.78. The Balaban J connectivity index is 2.20. The summed E-state index contributed by atoms with van der Waals surface area (Å²) >= 11 is 0. The summed E-state index contributed by atoms with van der Waals surface area (Å²) in [5.41, 5.74) is 0. The van der Waals surface area contributed by atoms with Gasteiger partial charge in [-0.05, 0) is 18.6 Å². The minimum Gasteiger partial charge on any atom is -0.354 e. The average Bonchev–Trinajstić information content (AvgIpc) is 2.36. The summed E-state index contributed by atoms with van der Waals surface area (Å²) in [5.74, 6) is 0. The zero-order chi connectivity index (χ0) is 9.03. The van der Waals surface area contributed by atoms with Crippen LogP contribution in [0.5, 0.6) is 0 Å². The lowest BCUT2D eigenvalue weighted by Crippen LogP contribution is -2.08. The van der Waals surface area contributed by atoms with Crippen molar-refractivity contribution >= 4 is 0 Å². The molecule has 1 rings (SSSR count). The molecule has 4 heteroatoms. The van der Waals surface area contributed by atoms with E-state index in [1.807, 2.05) is 0 Å². The Labute approximate surface area is 68.8 Å². The number of aryl methyl sites for hydroxylation is 1. The van der Waals surface area contributed by atoms with Crippen LogP contribution < -0.4 is 0 Å². The first-order chi connectivity index (χ1) is 5.58. The van der Waals surface area contributed by atoms with Gasteiger partial charge in [0.15, 0.2) is 0 Å². The van der Waals surface area contributed by atoms with E-state index >= 15 is 0 Å². The minimum atomic E-state index is -4.02. The van der Waals surface area contributed by atoms with E-state index in [0.29, 0.717) is 6.54 Å². The molecule has 0 saturated heterocycles. The second-order valence-corrected chi connectivity index (χ2v) is 2.64. The van der Waals surface area contributed by atoms with Gasteiger partial charge in [0, 0.05) is 25.4 Å². The van der Waals surface area contributed by atoms with Gasteiger partial charge in [0.25, 0.3) is 0 Å². The van der Waals surface area contributed by atoms with Crippen LogP contribution in [0.3, 0.4) is 0 Å². The smallest absolute Gasteiger partial charge is 0.354 e. The molecular formula is C8H10F3N. The first-order valence-electron chi connectivity index (χ1n) is 3.75. The van der Waals surface area contributed by atoms with Crippen molar-refractivity contribution in [1.29, 1.82) is 0 Å². The predicted octanol–water partition coefficient (Wildman–Crippen LogP) is 2.83. The van der Waals surface area contributed by atoms with Gasteiger partial charge in [-0.25, -0.2) is 0 Å². The highest BCUT2D eigenvalue weighted by atomic mass is 19.4. The first kappa shape index (κ1) is 9.16. The van der Waals surface area contributed by atoms with Crippen molar-refractivity contribution in [2.45, 2.75) is 25.6 Å². The van der Waals surface area contributed by atoms with Gasteiger partial charge in [-0.15, -0.1) is 0 Å². The highest BCUT2D eigenvalue weighted by molar-refractivity contribution is 4.89. The molecule has 0 aliphatic rings. The van der Waals surface area contributed by atoms with Gasteiger partial charge in [0.1, 0.15) is 0 Å². The van der Waals surface area contributed by atoms with Crippen LogP contribution in [0.15, 0.2) is 24.5 Å². The molecule has 1 aromatic heterocycles. The van der Waals surface area contributed by atoms with E-state index in [2.05, 4.69) is 0 Å². The standard InChI is InChI=1S/C8H10F3N/c9-8(10,11)4-3-7-12-5-1-2-6-12/h1-2,5-6H,3-4,7H2. The maximum atomic E-state index is 11.7. The molecule has 0 radical (unpaired) electrons. The maximum absolute atomic E-state index is 11.7. The topological polar surface area (TPSA) is 4.93 Å². The fourth-order valence-corrected chi connectivity index (χ4v) is 0.981. The SMILES string of the molecule is FC(F)(F)CCCn1cccc1. The van der Waals surface area contributed by atoms with E-state index in [9.17, 15) is 13.2 Å². The van der Waals surface area contributed by atoms with Gasteiger partial charge >= 0.3 is 6.18 Å². The van der Waals surface area contributed by atoms with Crippen LogP contribution in [-0.2, 0) is 6.54 Å². The molecule has 0 spiro atoms. The Morgan fingerprint density at radius 2 is 1.67 bits per heavy atom. The summed E-state index contributed by atoms with van der Waals surface area (Å²) in [7, 11) is 0. The average molecular weight is 177 g/mol.